The molecule has 4 rings (SSSR count). The van der Waals surface area contributed by atoms with E-state index in [1.165, 1.54) is 0 Å². The maximum absolute atomic E-state index is 12.3. The third-order valence-corrected chi connectivity index (χ3v) is 5.08. The Balaban J connectivity index is 1.19. The van der Waals surface area contributed by atoms with Gasteiger partial charge in [0.05, 0.1) is 5.69 Å². The monoisotopic (exact) mass is 452 g/mol. The molecule has 170 valence electrons. The number of rotatable bonds is 9. The molecule has 0 aliphatic heterocycles. The molecule has 1 aromatic heterocycles. The van der Waals surface area contributed by atoms with Crippen molar-refractivity contribution in [1.29, 1.82) is 0 Å². The Morgan fingerprint density at radius 1 is 0.735 bits per heavy atom. The zero-order valence-electron chi connectivity index (χ0n) is 18.5. The molecule has 1 amide bonds. The highest BCUT2D eigenvalue weighted by Gasteiger charge is 2.10. The van der Waals surface area contributed by atoms with Gasteiger partial charge in [-0.3, -0.25) is 14.6 Å². The molecule has 0 radical (unpaired) electrons. The molecule has 0 spiro atoms. The van der Waals surface area contributed by atoms with Crippen LogP contribution in [-0.4, -0.2) is 23.4 Å². The van der Waals surface area contributed by atoms with Crippen molar-refractivity contribution in [1.82, 2.24) is 10.3 Å². The van der Waals surface area contributed by atoms with Gasteiger partial charge in [0.15, 0.2) is 0 Å². The summed E-state index contributed by atoms with van der Waals surface area (Å²) in [6.07, 6.45) is 1.72. The second-order valence-electron chi connectivity index (χ2n) is 7.54. The summed E-state index contributed by atoms with van der Waals surface area (Å²) in [5.74, 6) is -0.137. The topological polar surface area (TPSA) is 77.5 Å². The first kappa shape index (κ1) is 22.7. The molecule has 34 heavy (non-hydrogen) atoms. The summed E-state index contributed by atoms with van der Waals surface area (Å²) in [4.78, 5) is 28.6. The van der Waals surface area contributed by atoms with E-state index in [9.17, 15) is 9.59 Å². The van der Waals surface area contributed by atoms with Crippen LogP contribution in [0.3, 0.4) is 0 Å². The lowest BCUT2D eigenvalue weighted by Gasteiger charge is -2.09. The van der Waals surface area contributed by atoms with Gasteiger partial charge >= 0.3 is 5.97 Å². The van der Waals surface area contributed by atoms with Gasteiger partial charge in [-0.05, 0) is 53.1 Å². The van der Waals surface area contributed by atoms with Crippen LogP contribution in [0.4, 0.5) is 0 Å². The maximum atomic E-state index is 12.3. The summed E-state index contributed by atoms with van der Waals surface area (Å²) in [7, 11) is 0. The number of carbonyl (C=O) groups is 2. The number of ether oxygens (including phenoxy) is 2. The third-order valence-electron chi connectivity index (χ3n) is 5.08. The van der Waals surface area contributed by atoms with Crippen molar-refractivity contribution < 1.29 is 19.1 Å². The number of nitrogens with zero attached hydrogens (tertiary/aromatic N) is 1. The van der Waals surface area contributed by atoms with Crippen molar-refractivity contribution in [2.45, 2.75) is 13.2 Å². The first-order valence-corrected chi connectivity index (χ1v) is 10.9. The first-order chi connectivity index (χ1) is 16.7. The van der Waals surface area contributed by atoms with Crippen molar-refractivity contribution in [3.05, 3.63) is 120 Å². The molecule has 0 saturated heterocycles. The van der Waals surface area contributed by atoms with Crippen LogP contribution in [0.2, 0.25) is 0 Å². The van der Waals surface area contributed by atoms with Crippen molar-refractivity contribution in [3.8, 4) is 16.9 Å². The summed E-state index contributed by atoms with van der Waals surface area (Å²) in [5, 5.41) is 2.60. The fourth-order valence-electron chi connectivity index (χ4n) is 3.24. The largest absolute Gasteiger partial charge is 0.487 e. The highest BCUT2D eigenvalue weighted by Crippen LogP contribution is 2.19. The summed E-state index contributed by atoms with van der Waals surface area (Å²) < 4.78 is 11.0. The molecule has 4 aromatic rings. The van der Waals surface area contributed by atoms with E-state index in [0.29, 0.717) is 17.9 Å². The van der Waals surface area contributed by atoms with E-state index in [-0.39, 0.29) is 19.1 Å². The van der Waals surface area contributed by atoms with E-state index >= 15 is 0 Å². The van der Waals surface area contributed by atoms with E-state index < -0.39 is 5.97 Å². The molecule has 0 atom stereocenters. The predicted molar refractivity (Wildman–Crippen MR) is 129 cm³/mol. The second-order valence-corrected chi connectivity index (χ2v) is 7.54. The lowest BCUT2D eigenvalue weighted by Crippen LogP contribution is -2.30. The maximum Gasteiger partial charge on any atom is 0.325 e. The summed E-state index contributed by atoms with van der Waals surface area (Å²) >= 11 is 0. The van der Waals surface area contributed by atoms with Gasteiger partial charge in [0.25, 0.3) is 5.91 Å². The average Bonchev–Trinajstić information content (AvgIpc) is 2.91. The molecular weight excluding hydrogens is 428 g/mol. The number of aromatic nitrogens is 1. The lowest BCUT2D eigenvalue weighted by atomic mass is 10.0. The Morgan fingerprint density at radius 2 is 1.44 bits per heavy atom. The minimum atomic E-state index is -0.510. The van der Waals surface area contributed by atoms with Crippen LogP contribution >= 0.6 is 0 Å². The fourth-order valence-corrected chi connectivity index (χ4v) is 3.24. The number of hydrogen-bond acceptors (Lipinski definition) is 5. The zero-order valence-corrected chi connectivity index (χ0v) is 18.5. The number of benzene rings is 3. The quantitative estimate of drug-likeness (QED) is 0.369. The van der Waals surface area contributed by atoms with Crippen molar-refractivity contribution >= 4 is 11.9 Å². The minimum absolute atomic E-state index is 0.112. The Labute approximate surface area is 198 Å². The SMILES string of the molecule is O=C(CNC(=O)c1ccc(-c2ccccc2)cc1)OCc1ccc(OCc2ccccn2)cc1. The fraction of sp³-hybridized carbons (Fsp3) is 0.107. The van der Waals surface area contributed by atoms with Crippen molar-refractivity contribution in [2.24, 2.45) is 0 Å². The third kappa shape index (κ3) is 6.53. The van der Waals surface area contributed by atoms with Crippen LogP contribution in [0.5, 0.6) is 5.75 Å². The van der Waals surface area contributed by atoms with Crippen LogP contribution in [0.1, 0.15) is 21.6 Å². The molecule has 0 aliphatic carbocycles. The van der Waals surface area contributed by atoms with E-state index in [4.69, 9.17) is 9.47 Å². The molecule has 1 N–H and O–H groups in total. The van der Waals surface area contributed by atoms with Gasteiger partial charge < -0.3 is 14.8 Å². The summed E-state index contributed by atoms with van der Waals surface area (Å²) in [6.45, 7) is 0.287. The predicted octanol–water partition coefficient (Wildman–Crippen LogP) is 4.80. The van der Waals surface area contributed by atoms with Crippen LogP contribution in [0.25, 0.3) is 11.1 Å². The number of carbonyl (C=O) groups excluding carboxylic acids is 2. The van der Waals surface area contributed by atoms with Gasteiger partial charge in [0.1, 0.15) is 25.5 Å². The number of pyridine rings is 1. The molecule has 0 saturated carbocycles. The molecule has 6 heteroatoms. The van der Waals surface area contributed by atoms with Crippen molar-refractivity contribution in [3.63, 3.8) is 0 Å². The van der Waals surface area contributed by atoms with Crippen LogP contribution in [0, 0.1) is 0 Å². The van der Waals surface area contributed by atoms with Crippen LogP contribution < -0.4 is 10.1 Å². The van der Waals surface area contributed by atoms with Crippen molar-refractivity contribution in [2.75, 3.05) is 6.54 Å². The molecule has 0 unspecified atom stereocenters. The standard InChI is InChI=1S/C28H24N2O4/c31-27(18-30-28(32)24-13-11-23(12-14-24)22-6-2-1-3-7-22)34-19-21-9-15-26(16-10-21)33-20-25-8-4-5-17-29-25/h1-17H,18-20H2,(H,30,32). The Kier molecular flexibility index (Phi) is 7.64. The number of nitrogens with one attached hydrogen (secondary N) is 1. The molecule has 0 fully saturated rings. The first-order valence-electron chi connectivity index (χ1n) is 10.9. The molecule has 6 nitrogen and oxygen atoms in total. The number of hydrogen-bond donors (Lipinski definition) is 1. The van der Waals surface area contributed by atoms with Crippen LogP contribution in [-0.2, 0) is 22.7 Å². The van der Waals surface area contributed by atoms with Gasteiger partial charge in [0, 0.05) is 11.8 Å². The number of esters is 1. The van der Waals surface area contributed by atoms with E-state index in [1.54, 1.807) is 18.3 Å². The Bertz CT molecular complexity index is 1210. The summed E-state index contributed by atoms with van der Waals surface area (Å²) in [6, 6.07) is 30.1. The van der Waals surface area contributed by atoms with E-state index in [0.717, 1.165) is 22.4 Å². The summed E-state index contributed by atoms with van der Waals surface area (Å²) in [5.41, 5.74) is 4.24. The van der Waals surface area contributed by atoms with Gasteiger partial charge in [-0.25, -0.2) is 0 Å². The molecule has 1 heterocycles. The molecule has 3 aromatic carbocycles. The average molecular weight is 453 g/mol. The minimum Gasteiger partial charge on any atom is -0.487 e. The van der Waals surface area contributed by atoms with Gasteiger partial charge in [-0.2, -0.15) is 0 Å². The highest BCUT2D eigenvalue weighted by atomic mass is 16.5. The zero-order chi connectivity index (χ0) is 23.6. The Morgan fingerprint density at radius 3 is 2.15 bits per heavy atom. The smallest absolute Gasteiger partial charge is 0.325 e. The van der Waals surface area contributed by atoms with Crippen LogP contribution in [0.15, 0.2) is 103 Å². The van der Waals surface area contributed by atoms with Gasteiger partial charge in [-0.1, -0.05) is 60.7 Å². The number of amides is 1. The normalized spacial score (nSPS) is 10.4. The molecule has 0 aliphatic rings. The molecular formula is C28H24N2O4. The van der Waals surface area contributed by atoms with E-state index in [1.807, 2.05) is 84.9 Å². The highest BCUT2D eigenvalue weighted by molar-refractivity contribution is 5.96. The van der Waals surface area contributed by atoms with Gasteiger partial charge in [-0.15, -0.1) is 0 Å². The Hall–Kier alpha value is -4.45. The second kappa shape index (κ2) is 11.4. The van der Waals surface area contributed by atoms with Gasteiger partial charge in [0.2, 0.25) is 0 Å². The molecule has 0 bridgehead atoms. The van der Waals surface area contributed by atoms with E-state index in [2.05, 4.69) is 10.3 Å². The lowest BCUT2D eigenvalue weighted by molar-refractivity contribution is -0.143.